The van der Waals surface area contributed by atoms with E-state index in [0.29, 0.717) is 12.5 Å². The van der Waals surface area contributed by atoms with E-state index in [1.54, 1.807) is 6.26 Å². The third-order valence-electron chi connectivity index (χ3n) is 2.24. The van der Waals surface area contributed by atoms with E-state index in [0.717, 1.165) is 23.4 Å². The van der Waals surface area contributed by atoms with Crippen molar-refractivity contribution in [3.05, 3.63) is 36.4 Å². The van der Waals surface area contributed by atoms with E-state index in [-0.39, 0.29) is 0 Å². The Balaban J connectivity index is 2.32. The van der Waals surface area contributed by atoms with Crippen molar-refractivity contribution >= 4 is 0 Å². The lowest BCUT2D eigenvalue weighted by Gasteiger charge is -2.08. The molecule has 3 heteroatoms. The van der Waals surface area contributed by atoms with Gasteiger partial charge in [0.2, 0.25) is 0 Å². The smallest absolute Gasteiger partial charge is 0.191 e. The Morgan fingerprint density at radius 1 is 1.31 bits per heavy atom. The van der Waals surface area contributed by atoms with Gasteiger partial charge in [0, 0.05) is 12.5 Å². The van der Waals surface area contributed by atoms with E-state index in [2.05, 4.69) is 11.9 Å². The summed E-state index contributed by atoms with van der Waals surface area (Å²) in [5.41, 5.74) is 1.80. The first kappa shape index (κ1) is 10.7. The monoisotopic (exact) mass is 217 g/mol. The number of hydrogen-bond donors (Lipinski definition) is 0. The minimum absolute atomic E-state index is 0.667. The molecular formula is C13H15NO2. The number of aromatic nitrogens is 1. The second kappa shape index (κ2) is 4.84. The quantitative estimate of drug-likeness (QED) is 0.786. The van der Waals surface area contributed by atoms with Crippen LogP contribution in [0, 0.1) is 6.92 Å². The fourth-order valence-electron chi connectivity index (χ4n) is 1.50. The zero-order valence-electron chi connectivity index (χ0n) is 9.56. The van der Waals surface area contributed by atoms with Crippen LogP contribution in [0.2, 0.25) is 0 Å². The lowest BCUT2D eigenvalue weighted by Crippen LogP contribution is -1.96. The number of para-hydroxylation sites is 1. The molecule has 2 rings (SSSR count). The summed E-state index contributed by atoms with van der Waals surface area (Å²) in [5, 5.41) is 0. The second-order valence-corrected chi connectivity index (χ2v) is 3.60. The fourth-order valence-corrected chi connectivity index (χ4v) is 1.50. The molecule has 0 radical (unpaired) electrons. The molecule has 2 aromatic rings. The molecule has 3 nitrogen and oxygen atoms in total. The predicted molar refractivity (Wildman–Crippen MR) is 62.5 cm³/mol. The maximum Gasteiger partial charge on any atom is 0.191 e. The number of rotatable bonds is 4. The molecule has 1 aromatic heterocycles. The van der Waals surface area contributed by atoms with Crippen LogP contribution in [0.3, 0.4) is 0 Å². The molecule has 0 fully saturated rings. The number of oxazole rings is 1. The highest BCUT2D eigenvalue weighted by Gasteiger charge is 2.09. The highest BCUT2D eigenvalue weighted by atomic mass is 16.5. The molecule has 0 aliphatic heterocycles. The molecule has 1 heterocycles. The zero-order chi connectivity index (χ0) is 11.4. The number of benzene rings is 1. The van der Waals surface area contributed by atoms with E-state index in [1.807, 2.05) is 31.2 Å². The highest BCUT2D eigenvalue weighted by Crippen LogP contribution is 2.29. The Bertz CT molecular complexity index is 462. The van der Waals surface area contributed by atoms with Gasteiger partial charge >= 0.3 is 0 Å². The Labute approximate surface area is 95.1 Å². The largest absolute Gasteiger partial charge is 0.493 e. The first-order valence-electron chi connectivity index (χ1n) is 5.45. The SMILES string of the molecule is CCCOc1ccccc1-c1coc(C)n1. The van der Waals surface area contributed by atoms with E-state index in [1.165, 1.54) is 0 Å². The van der Waals surface area contributed by atoms with Gasteiger partial charge in [-0.1, -0.05) is 19.1 Å². The van der Waals surface area contributed by atoms with Gasteiger partial charge in [-0.05, 0) is 18.6 Å². The van der Waals surface area contributed by atoms with Crippen LogP contribution < -0.4 is 4.74 Å². The Kier molecular flexibility index (Phi) is 3.25. The molecule has 0 spiro atoms. The van der Waals surface area contributed by atoms with Crippen molar-refractivity contribution in [3.63, 3.8) is 0 Å². The van der Waals surface area contributed by atoms with Crippen molar-refractivity contribution in [2.45, 2.75) is 20.3 Å². The van der Waals surface area contributed by atoms with Crippen molar-refractivity contribution in [2.75, 3.05) is 6.61 Å². The van der Waals surface area contributed by atoms with Crippen LogP contribution in [0.5, 0.6) is 5.75 Å². The summed E-state index contributed by atoms with van der Waals surface area (Å²) in [7, 11) is 0. The molecule has 0 amide bonds. The van der Waals surface area contributed by atoms with Crippen LogP contribution >= 0.6 is 0 Å². The van der Waals surface area contributed by atoms with Gasteiger partial charge in [0.1, 0.15) is 17.7 Å². The van der Waals surface area contributed by atoms with E-state index < -0.39 is 0 Å². The van der Waals surface area contributed by atoms with Gasteiger partial charge in [-0.25, -0.2) is 4.98 Å². The van der Waals surface area contributed by atoms with Crippen molar-refractivity contribution < 1.29 is 9.15 Å². The molecule has 0 saturated heterocycles. The molecular weight excluding hydrogens is 202 g/mol. The molecule has 0 aliphatic carbocycles. The minimum Gasteiger partial charge on any atom is -0.493 e. The van der Waals surface area contributed by atoms with Crippen LogP contribution in [-0.4, -0.2) is 11.6 Å². The molecule has 84 valence electrons. The van der Waals surface area contributed by atoms with E-state index in [9.17, 15) is 0 Å². The predicted octanol–water partition coefficient (Wildman–Crippen LogP) is 3.44. The van der Waals surface area contributed by atoms with Crippen molar-refractivity contribution in [1.29, 1.82) is 0 Å². The summed E-state index contributed by atoms with van der Waals surface area (Å²) in [6, 6.07) is 7.87. The van der Waals surface area contributed by atoms with Crippen LogP contribution in [0.4, 0.5) is 0 Å². The Morgan fingerprint density at radius 3 is 2.81 bits per heavy atom. The van der Waals surface area contributed by atoms with Crippen LogP contribution in [0.15, 0.2) is 34.9 Å². The average Bonchev–Trinajstić information content (AvgIpc) is 2.73. The lowest BCUT2D eigenvalue weighted by molar-refractivity contribution is 0.318. The fraction of sp³-hybridized carbons (Fsp3) is 0.308. The standard InChI is InChI=1S/C13H15NO2/c1-3-8-15-13-7-5-4-6-11(13)12-9-16-10(2)14-12/h4-7,9H,3,8H2,1-2H3. The van der Waals surface area contributed by atoms with Crippen molar-refractivity contribution in [2.24, 2.45) is 0 Å². The number of aryl methyl sites for hydroxylation is 1. The van der Waals surface area contributed by atoms with Gasteiger partial charge < -0.3 is 9.15 Å². The Hall–Kier alpha value is -1.77. The Morgan fingerprint density at radius 2 is 2.12 bits per heavy atom. The normalized spacial score (nSPS) is 10.4. The first-order valence-corrected chi connectivity index (χ1v) is 5.45. The number of ether oxygens (including phenoxy) is 1. The molecule has 0 bridgehead atoms. The summed E-state index contributed by atoms with van der Waals surface area (Å²) in [4.78, 5) is 4.30. The van der Waals surface area contributed by atoms with Gasteiger partial charge in [0.25, 0.3) is 0 Å². The first-order chi connectivity index (χ1) is 7.81. The summed E-state index contributed by atoms with van der Waals surface area (Å²) < 4.78 is 10.9. The molecule has 0 saturated carbocycles. The maximum atomic E-state index is 5.67. The number of nitrogens with zero attached hydrogens (tertiary/aromatic N) is 1. The molecule has 1 aromatic carbocycles. The highest BCUT2D eigenvalue weighted by molar-refractivity contribution is 5.66. The zero-order valence-corrected chi connectivity index (χ0v) is 9.56. The summed E-state index contributed by atoms with van der Waals surface area (Å²) in [6.45, 7) is 4.63. The van der Waals surface area contributed by atoms with Crippen LogP contribution in [0.1, 0.15) is 19.2 Å². The molecule has 0 unspecified atom stereocenters. The van der Waals surface area contributed by atoms with E-state index >= 15 is 0 Å². The number of hydrogen-bond acceptors (Lipinski definition) is 3. The van der Waals surface area contributed by atoms with E-state index in [4.69, 9.17) is 9.15 Å². The molecule has 16 heavy (non-hydrogen) atoms. The summed E-state index contributed by atoms with van der Waals surface area (Å²) >= 11 is 0. The average molecular weight is 217 g/mol. The topological polar surface area (TPSA) is 35.3 Å². The molecule has 0 N–H and O–H groups in total. The lowest BCUT2D eigenvalue weighted by atomic mass is 10.1. The van der Waals surface area contributed by atoms with Crippen molar-refractivity contribution in [3.8, 4) is 17.0 Å². The minimum atomic E-state index is 0.667. The van der Waals surface area contributed by atoms with Gasteiger partial charge in [-0.2, -0.15) is 0 Å². The van der Waals surface area contributed by atoms with Crippen molar-refractivity contribution in [1.82, 2.24) is 4.98 Å². The van der Waals surface area contributed by atoms with Gasteiger partial charge in [0.15, 0.2) is 5.89 Å². The van der Waals surface area contributed by atoms with Gasteiger partial charge in [-0.15, -0.1) is 0 Å². The summed E-state index contributed by atoms with van der Waals surface area (Å²) in [6.07, 6.45) is 2.65. The third kappa shape index (κ3) is 2.24. The molecule has 0 aliphatic rings. The van der Waals surface area contributed by atoms with Crippen LogP contribution in [-0.2, 0) is 0 Å². The summed E-state index contributed by atoms with van der Waals surface area (Å²) in [5.74, 6) is 1.53. The molecule has 0 atom stereocenters. The second-order valence-electron chi connectivity index (χ2n) is 3.60. The van der Waals surface area contributed by atoms with Gasteiger partial charge in [-0.3, -0.25) is 0 Å². The van der Waals surface area contributed by atoms with Crippen LogP contribution in [0.25, 0.3) is 11.3 Å². The van der Waals surface area contributed by atoms with Gasteiger partial charge in [0.05, 0.1) is 6.61 Å². The third-order valence-corrected chi connectivity index (χ3v) is 2.24. The maximum absolute atomic E-state index is 5.67.